The number of carboxylic acid groups (broad SMARTS) is 1. The second-order valence-electron chi connectivity index (χ2n) is 15.3. The van der Waals surface area contributed by atoms with Gasteiger partial charge in [-0.3, -0.25) is 23.5 Å². The lowest BCUT2D eigenvalue weighted by Gasteiger charge is -2.28. The summed E-state index contributed by atoms with van der Waals surface area (Å²) in [5.41, 5.74) is 0. The van der Waals surface area contributed by atoms with Crippen LogP contribution in [0.2, 0.25) is 0 Å². The number of carbonyl (C=O) groups is 3. The number of aliphatic carboxylic acids is 1. The van der Waals surface area contributed by atoms with Gasteiger partial charge in [-0.25, -0.2) is 9.36 Å². The molecule has 4 N–H and O–H groups in total. The quantitative estimate of drug-likeness (QED) is 0.0345. The van der Waals surface area contributed by atoms with Crippen molar-refractivity contribution in [1.82, 2.24) is 4.90 Å². The predicted molar refractivity (Wildman–Crippen MR) is 217 cm³/mol. The Labute approximate surface area is 329 Å². The molecular weight excluding hydrogens is 709 g/mol. The zero-order chi connectivity index (χ0) is 40.1. The van der Waals surface area contributed by atoms with Crippen LogP contribution in [0, 0.1) is 0 Å². The van der Waals surface area contributed by atoms with Gasteiger partial charge in [0.15, 0.2) is 6.04 Å². The van der Waals surface area contributed by atoms with Crippen molar-refractivity contribution in [2.24, 2.45) is 0 Å². The van der Waals surface area contributed by atoms with Crippen LogP contribution in [0.3, 0.4) is 0 Å². The van der Waals surface area contributed by atoms with Crippen LogP contribution in [-0.4, -0.2) is 74.9 Å². The van der Waals surface area contributed by atoms with Crippen LogP contribution in [0.4, 0.5) is 0 Å². The average molecular weight is 792 g/mol. The lowest BCUT2D eigenvalue weighted by Crippen LogP contribution is -2.50. The van der Waals surface area contributed by atoms with E-state index in [9.17, 15) is 34.1 Å². The van der Waals surface area contributed by atoms with Crippen molar-refractivity contribution in [3.63, 3.8) is 0 Å². The molecule has 0 aliphatic carbocycles. The minimum absolute atomic E-state index is 0.0113. The van der Waals surface area contributed by atoms with E-state index in [0.29, 0.717) is 17.7 Å². The number of rotatable bonds is 41. The van der Waals surface area contributed by atoms with Gasteiger partial charge in [0.2, 0.25) is 11.8 Å². The van der Waals surface area contributed by atoms with Gasteiger partial charge < -0.3 is 20.2 Å². The number of amides is 2. The maximum absolute atomic E-state index is 13.4. The molecule has 3 atom stereocenters. The molecule has 0 bridgehead atoms. The molecule has 0 aromatic heterocycles. The fraction of sp³-hybridized carbons (Fsp3) is 0.929. The Morgan fingerprint density at radius 2 is 0.796 bits per heavy atom. The number of hydrogen-bond donors (Lipinski definition) is 4. The number of nitrogens with zero attached hydrogens (tertiary/aromatic N) is 1. The third-order valence-corrected chi connectivity index (χ3v) is 11.1. The highest BCUT2D eigenvalue weighted by atomic mass is 31.2. The molecule has 0 radical (unpaired) electrons. The fourth-order valence-electron chi connectivity index (χ4n) is 6.71. The summed E-state index contributed by atoms with van der Waals surface area (Å²) in [5, 5.41) is 28.3. The number of hydrogen-bond acceptors (Lipinski definition) is 8. The van der Waals surface area contributed by atoms with Crippen molar-refractivity contribution >= 4 is 25.6 Å². The Balaban J connectivity index is 4.74. The maximum Gasteiger partial charge on any atom is 0.472 e. The molecule has 0 rings (SSSR count). The minimum Gasteiger partial charge on any atom is -0.480 e. The van der Waals surface area contributed by atoms with Crippen molar-refractivity contribution in [2.45, 2.75) is 231 Å². The zero-order valence-corrected chi connectivity index (χ0v) is 35.4. The van der Waals surface area contributed by atoms with Crippen molar-refractivity contribution < 1.29 is 48.2 Å². The summed E-state index contributed by atoms with van der Waals surface area (Å²) in [6, 6.07) is -1.82. The molecule has 0 heterocycles. The van der Waals surface area contributed by atoms with Gasteiger partial charge in [-0.1, -0.05) is 194 Å². The normalized spacial score (nSPS) is 13.8. The van der Waals surface area contributed by atoms with Gasteiger partial charge in [0.1, 0.15) is 6.10 Å². The van der Waals surface area contributed by atoms with E-state index in [1.54, 1.807) is 0 Å². The molecule has 0 aromatic rings. The molecule has 0 aromatic carbocycles. The van der Waals surface area contributed by atoms with Gasteiger partial charge in [-0.15, -0.1) is 0 Å². The van der Waals surface area contributed by atoms with Gasteiger partial charge in [0, 0.05) is 12.8 Å². The second-order valence-corrected chi connectivity index (χ2v) is 16.8. The monoisotopic (exact) mass is 792 g/mol. The molecule has 0 fully saturated rings. The molecule has 12 heteroatoms. The van der Waals surface area contributed by atoms with Gasteiger partial charge >= 0.3 is 13.8 Å². The van der Waals surface area contributed by atoms with E-state index in [4.69, 9.17) is 9.63 Å². The van der Waals surface area contributed by atoms with E-state index in [-0.39, 0.29) is 12.8 Å². The Hall–Kier alpha value is -1.36. The molecule has 0 aliphatic rings. The summed E-state index contributed by atoms with van der Waals surface area (Å²) in [4.78, 5) is 49.7. The highest BCUT2D eigenvalue weighted by Crippen LogP contribution is 2.43. The van der Waals surface area contributed by atoms with Crippen LogP contribution < -0.4 is 0 Å². The first-order chi connectivity index (χ1) is 26.1. The summed E-state index contributed by atoms with van der Waals surface area (Å²) in [6.45, 7) is 2.09. The Bertz CT molecular complexity index is 906. The third-order valence-electron chi connectivity index (χ3n) is 10.2. The third kappa shape index (κ3) is 31.8. The van der Waals surface area contributed by atoms with Crippen LogP contribution in [-0.2, 0) is 28.0 Å². The number of imide groups is 1. The van der Waals surface area contributed by atoms with E-state index >= 15 is 0 Å². The van der Waals surface area contributed by atoms with E-state index in [1.807, 2.05) is 0 Å². The van der Waals surface area contributed by atoms with Gasteiger partial charge in [-0.2, -0.15) is 0 Å². The van der Waals surface area contributed by atoms with Crippen LogP contribution in [0.5, 0.6) is 0 Å². The number of aliphatic hydroxyl groups is 2. The van der Waals surface area contributed by atoms with Crippen molar-refractivity contribution in [3.8, 4) is 0 Å². The minimum atomic E-state index is -4.84. The predicted octanol–water partition coefficient (Wildman–Crippen LogP) is 10.8. The molecule has 0 saturated carbocycles. The molecule has 54 heavy (non-hydrogen) atoms. The first-order valence-corrected chi connectivity index (χ1v) is 23.6. The highest BCUT2D eigenvalue weighted by Gasteiger charge is 2.37. The van der Waals surface area contributed by atoms with E-state index < -0.39 is 57.6 Å². The zero-order valence-electron chi connectivity index (χ0n) is 34.5. The van der Waals surface area contributed by atoms with Crippen molar-refractivity contribution in [2.75, 3.05) is 19.8 Å². The molecule has 0 spiro atoms. The van der Waals surface area contributed by atoms with Crippen LogP contribution in [0.25, 0.3) is 0 Å². The van der Waals surface area contributed by atoms with Gasteiger partial charge in [0.05, 0.1) is 19.8 Å². The first-order valence-electron chi connectivity index (χ1n) is 22.1. The number of phosphoric ester groups is 1. The standard InChI is InChI=1S/C42H82NO10P/c1-3-5-7-9-11-13-15-17-19-21-23-25-27-29-31-33-40(46)43(39(42(48)49)37-53-54(50,51)52-36-38(45)35-44)41(47)34-32-30-28-26-24-22-20-18-16-14-12-10-8-6-4-2/h38-39,44-45H,3-37H2,1-2H3,(H,48,49)(H,50,51). The van der Waals surface area contributed by atoms with E-state index in [0.717, 1.165) is 51.4 Å². The number of aliphatic hydroxyl groups excluding tert-OH is 2. The number of phosphoric acid groups is 1. The van der Waals surface area contributed by atoms with Crippen molar-refractivity contribution in [3.05, 3.63) is 0 Å². The fourth-order valence-corrected chi connectivity index (χ4v) is 7.48. The Kier molecular flexibility index (Phi) is 36.3. The molecule has 320 valence electrons. The number of unbranched alkanes of at least 4 members (excludes halogenated alkanes) is 28. The second kappa shape index (κ2) is 37.2. The molecule has 2 amide bonds. The topological polar surface area (TPSA) is 171 Å². The molecule has 0 aliphatic heterocycles. The van der Waals surface area contributed by atoms with Crippen LogP contribution in [0.15, 0.2) is 0 Å². The number of carbonyl (C=O) groups excluding carboxylic acids is 2. The molecule has 3 unspecified atom stereocenters. The Morgan fingerprint density at radius 3 is 1.07 bits per heavy atom. The summed E-state index contributed by atoms with van der Waals surface area (Å²) >= 11 is 0. The summed E-state index contributed by atoms with van der Waals surface area (Å²) in [7, 11) is -4.84. The van der Waals surface area contributed by atoms with Crippen LogP contribution >= 0.6 is 7.82 Å². The van der Waals surface area contributed by atoms with Gasteiger partial charge in [-0.05, 0) is 12.8 Å². The average Bonchev–Trinajstić information content (AvgIpc) is 3.15. The van der Waals surface area contributed by atoms with E-state index in [1.165, 1.54) is 128 Å². The Morgan fingerprint density at radius 1 is 0.519 bits per heavy atom. The van der Waals surface area contributed by atoms with Crippen LogP contribution in [0.1, 0.15) is 219 Å². The largest absolute Gasteiger partial charge is 0.480 e. The van der Waals surface area contributed by atoms with E-state index in [2.05, 4.69) is 18.4 Å². The lowest BCUT2D eigenvalue weighted by molar-refractivity contribution is -0.159. The SMILES string of the molecule is CCCCCCCCCCCCCCCCCC(=O)N(C(=O)CCCCCCCCCCCCCCCCC)C(COP(=O)(O)OCC(O)CO)C(=O)O. The maximum atomic E-state index is 13.4. The van der Waals surface area contributed by atoms with Crippen molar-refractivity contribution in [1.29, 1.82) is 0 Å². The molecule has 0 saturated heterocycles. The summed E-state index contributed by atoms with van der Waals surface area (Å²) < 4.78 is 21.8. The lowest BCUT2D eigenvalue weighted by atomic mass is 10.0. The number of carboxylic acids is 1. The summed E-state index contributed by atoms with van der Waals surface area (Å²) in [5.74, 6) is -2.83. The first kappa shape index (κ1) is 52.6. The highest BCUT2D eigenvalue weighted by molar-refractivity contribution is 7.47. The molecule has 11 nitrogen and oxygen atoms in total. The van der Waals surface area contributed by atoms with Gasteiger partial charge in [0.25, 0.3) is 0 Å². The summed E-state index contributed by atoms with van der Waals surface area (Å²) in [6.07, 6.45) is 33.5. The molecular formula is C42H82NO10P. The smallest absolute Gasteiger partial charge is 0.472 e.